The Morgan fingerprint density at radius 2 is 2.23 bits per heavy atom. The van der Waals surface area contributed by atoms with Crippen LogP contribution in [0.15, 0.2) is 10.9 Å². The molecular weight excluding hydrogens is 180 g/mol. The number of hydrogen-bond acceptors (Lipinski definition) is 3. The van der Waals surface area contributed by atoms with E-state index in [9.17, 15) is 13.6 Å². The maximum absolute atomic E-state index is 12.1. The predicted octanol–water partition coefficient (Wildman–Crippen LogP) is 0.766. The molecule has 1 heterocycles. The number of nitrogens with zero attached hydrogens (tertiary/aromatic N) is 1. The molecular formula is C7H5F2N3O. The van der Waals surface area contributed by atoms with E-state index in [2.05, 4.69) is 4.98 Å². The van der Waals surface area contributed by atoms with Crippen molar-refractivity contribution in [2.45, 2.75) is 6.43 Å². The molecule has 0 unspecified atom stereocenters. The second-order valence-electron chi connectivity index (χ2n) is 2.29. The molecule has 0 saturated heterocycles. The molecule has 1 rings (SSSR count). The number of halogens is 2. The van der Waals surface area contributed by atoms with Crippen molar-refractivity contribution in [1.29, 1.82) is 5.26 Å². The Bertz CT molecular complexity index is 419. The van der Waals surface area contributed by atoms with Crippen molar-refractivity contribution in [3.05, 3.63) is 27.5 Å². The molecule has 13 heavy (non-hydrogen) atoms. The van der Waals surface area contributed by atoms with Gasteiger partial charge in [-0.3, -0.25) is 4.79 Å². The minimum atomic E-state index is -2.80. The summed E-state index contributed by atoms with van der Waals surface area (Å²) < 4.78 is 24.1. The van der Waals surface area contributed by atoms with Crippen LogP contribution in [0.5, 0.6) is 0 Å². The van der Waals surface area contributed by atoms with Gasteiger partial charge in [-0.2, -0.15) is 5.26 Å². The summed E-state index contributed by atoms with van der Waals surface area (Å²) in [5.74, 6) is -0.328. The van der Waals surface area contributed by atoms with Gasteiger partial charge in [-0.1, -0.05) is 0 Å². The van der Waals surface area contributed by atoms with Crippen LogP contribution in [0.4, 0.5) is 14.6 Å². The highest BCUT2D eigenvalue weighted by Crippen LogP contribution is 2.16. The lowest BCUT2D eigenvalue weighted by Crippen LogP contribution is -2.12. The van der Waals surface area contributed by atoms with Gasteiger partial charge in [0.2, 0.25) is 5.43 Å². The number of nitriles is 1. The molecule has 68 valence electrons. The Balaban J connectivity index is 3.40. The number of rotatable bonds is 1. The van der Waals surface area contributed by atoms with Crippen LogP contribution >= 0.6 is 0 Å². The number of hydrogen-bond donors (Lipinski definition) is 2. The maximum atomic E-state index is 12.1. The second kappa shape index (κ2) is 3.23. The molecule has 0 atom stereocenters. The first-order chi connectivity index (χ1) is 6.06. The average molecular weight is 185 g/mol. The lowest BCUT2D eigenvalue weighted by atomic mass is 10.2. The quantitative estimate of drug-likeness (QED) is 0.677. The Kier molecular flexibility index (Phi) is 2.28. The summed E-state index contributed by atoms with van der Waals surface area (Å²) in [5.41, 5.74) is 3.44. The minimum absolute atomic E-state index is 0.328. The number of aromatic amines is 1. The first kappa shape index (κ1) is 9.19. The van der Waals surface area contributed by atoms with E-state index in [-0.39, 0.29) is 11.4 Å². The fourth-order valence-electron chi connectivity index (χ4n) is 0.833. The van der Waals surface area contributed by atoms with Crippen LogP contribution in [0, 0.1) is 11.3 Å². The van der Waals surface area contributed by atoms with Crippen molar-refractivity contribution >= 4 is 5.82 Å². The average Bonchev–Trinajstić information content (AvgIpc) is 2.03. The second-order valence-corrected chi connectivity index (χ2v) is 2.29. The van der Waals surface area contributed by atoms with Crippen LogP contribution in [-0.2, 0) is 0 Å². The van der Waals surface area contributed by atoms with Gasteiger partial charge < -0.3 is 10.7 Å². The Labute approximate surface area is 71.6 Å². The van der Waals surface area contributed by atoms with E-state index in [1.54, 1.807) is 0 Å². The molecule has 0 spiro atoms. The van der Waals surface area contributed by atoms with Gasteiger partial charge in [0.1, 0.15) is 17.5 Å². The van der Waals surface area contributed by atoms with Gasteiger partial charge in [0.15, 0.2) is 0 Å². The molecule has 0 aromatic carbocycles. The molecule has 3 N–H and O–H groups in total. The van der Waals surface area contributed by atoms with Gasteiger partial charge >= 0.3 is 0 Å². The lowest BCUT2D eigenvalue weighted by Gasteiger charge is -2.01. The summed E-state index contributed by atoms with van der Waals surface area (Å²) in [7, 11) is 0. The summed E-state index contributed by atoms with van der Waals surface area (Å²) >= 11 is 0. The number of alkyl halides is 2. The smallest absolute Gasteiger partial charge is 0.278 e. The molecule has 0 aliphatic carbocycles. The van der Waals surface area contributed by atoms with Crippen LogP contribution in [0.25, 0.3) is 0 Å². The van der Waals surface area contributed by atoms with Gasteiger partial charge in [-0.25, -0.2) is 8.78 Å². The SMILES string of the molecule is N#Cc1c(N)[nH]c(C(F)F)cc1=O. The topological polar surface area (TPSA) is 82.7 Å². The van der Waals surface area contributed by atoms with Crippen molar-refractivity contribution in [2.24, 2.45) is 0 Å². The molecule has 0 amide bonds. The molecule has 6 heteroatoms. The number of anilines is 1. The molecule has 0 aliphatic rings. The zero-order valence-corrected chi connectivity index (χ0v) is 6.34. The number of nitrogens with two attached hydrogens (primary N) is 1. The lowest BCUT2D eigenvalue weighted by molar-refractivity contribution is 0.146. The van der Waals surface area contributed by atoms with E-state index in [0.717, 1.165) is 0 Å². The largest absolute Gasteiger partial charge is 0.384 e. The van der Waals surface area contributed by atoms with Crippen LogP contribution < -0.4 is 11.2 Å². The monoisotopic (exact) mass is 185 g/mol. The number of H-pyrrole nitrogens is 1. The van der Waals surface area contributed by atoms with Crippen molar-refractivity contribution in [3.8, 4) is 6.07 Å². The van der Waals surface area contributed by atoms with Crippen LogP contribution in [0.3, 0.4) is 0 Å². The molecule has 0 saturated carbocycles. The summed E-state index contributed by atoms with van der Waals surface area (Å²) in [6.07, 6.45) is -2.80. The number of aromatic nitrogens is 1. The summed E-state index contributed by atoms with van der Waals surface area (Å²) in [5, 5.41) is 8.39. The molecule has 1 aromatic rings. The number of pyridine rings is 1. The van der Waals surface area contributed by atoms with Crippen molar-refractivity contribution in [1.82, 2.24) is 4.98 Å². The van der Waals surface area contributed by atoms with Crippen molar-refractivity contribution in [3.63, 3.8) is 0 Å². The molecule has 0 radical (unpaired) electrons. The molecule has 0 bridgehead atoms. The van der Waals surface area contributed by atoms with Gasteiger partial charge in [0, 0.05) is 6.07 Å². The number of nitrogens with one attached hydrogen (secondary N) is 1. The normalized spacial score (nSPS) is 10.0. The van der Waals surface area contributed by atoms with Gasteiger partial charge in [-0.15, -0.1) is 0 Å². The summed E-state index contributed by atoms with van der Waals surface area (Å²) in [6.45, 7) is 0. The standard InChI is InChI=1S/C7H5F2N3O/c8-6(9)4-1-5(13)3(2-10)7(11)12-4/h1,6H,(H3,11,12,13). The van der Waals surface area contributed by atoms with Crippen LogP contribution in [-0.4, -0.2) is 4.98 Å². The summed E-state index contributed by atoms with van der Waals surface area (Å²) in [4.78, 5) is 13.0. The molecule has 0 fully saturated rings. The van der Waals surface area contributed by atoms with Crippen molar-refractivity contribution < 1.29 is 8.78 Å². The minimum Gasteiger partial charge on any atom is -0.384 e. The first-order valence-corrected chi connectivity index (χ1v) is 3.27. The third-order valence-corrected chi connectivity index (χ3v) is 1.43. The van der Waals surface area contributed by atoms with Gasteiger partial charge in [0.05, 0.1) is 5.69 Å². The van der Waals surface area contributed by atoms with E-state index >= 15 is 0 Å². The summed E-state index contributed by atoms with van der Waals surface area (Å²) in [6, 6.07) is 2.18. The number of nitrogen functional groups attached to an aromatic ring is 1. The third-order valence-electron chi connectivity index (χ3n) is 1.43. The highest BCUT2D eigenvalue weighted by Gasteiger charge is 2.12. The van der Waals surface area contributed by atoms with E-state index in [1.165, 1.54) is 6.07 Å². The van der Waals surface area contributed by atoms with Crippen LogP contribution in [0.1, 0.15) is 17.7 Å². The fraction of sp³-hybridized carbons (Fsp3) is 0.143. The van der Waals surface area contributed by atoms with E-state index in [0.29, 0.717) is 6.07 Å². The predicted molar refractivity (Wildman–Crippen MR) is 41.1 cm³/mol. The van der Waals surface area contributed by atoms with E-state index in [1.807, 2.05) is 0 Å². The van der Waals surface area contributed by atoms with Gasteiger partial charge in [0.25, 0.3) is 6.43 Å². The van der Waals surface area contributed by atoms with Gasteiger partial charge in [-0.05, 0) is 0 Å². The fourth-order valence-corrected chi connectivity index (χ4v) is 0.833. The Morgan fingerprint density at radius 1 is 1.62 bits per heavy atom. The zero-order chi connectivity index (χ0) is 10.0. The van der Waals surface area contributed by atoms with Crippen molar-refractivity contribution in [2.75, 3.05) is 5.73 Å². The Morgan fingerprint density at radius 3 is 2.62 bits per heavy atom. The molecule has 0 aliphatic heterocycles. The van der Waals surface area contributed by atoms with E-state index < -0.39 is 17.5 Å². The van der Waals surface area contributed by atoms with E-state index in [4.69, 9.17) is 11.0 Å². The zero-order valence-electron chi connectivity index (χ0n) is 6.34. The molecule has 1 aromatic heterocycles. The highest BCUT2D eigenvalue weighted by molar-refractivity contribution is 5.48. The molecule has 4 nitrogen and oxygen atoms in total. The maximum Gasteiger partial charge on any atom is 0.278 e. The first-order valence-electron chi connectivity index (χ1n) is 3.27. The third kappa shape index (κ3) is 1.64. The Hall–Kier alpha value is -1.90. The highest BCUT2D eigenvalue weighted by atomic mass is 19.3. The van der Waals surface area contributed by atoms with Crippen LogP contribution in [0.2, 0.25) is 0 Å².